The minimum atomic E-state index is -4.99. The van der Waals surface area contributed by atoms with Crippen molar-refractivity contribution in [1.82, 2.24) is 32.0 Å². The third-order valence-electron chi connectivity index (χ3n) is 20.7. The molecule has 0 aliphatic rings. The SMILES string of the molecule is Cc1ccc2c(c1)c1cc(C(F)(F)F)ccc1n2C.[2H]c1c(C)c([2H])c2c3c([2H])c(C(F)(F)F)c([2H])c([2H])c3n(C)c2c1[2H].[2H]c1c(I)c([2H])c2c3c([2H])c(I)c([2H])c([2H])c3n(C)c2c1[2H].[2H]c1cc2c(c([2H])c1C)c1c([2H])c(C(F)(F)F)c([2H])cc1n2C.[2H]c1cc2c(c([2H])c1I)c1c([2H])c(I)c([2H])cc1n2C.[2H]c1cc2c(cc1C)c1cc(C(F)(F)F)c([2H])cc1n2C.[2H]c1cc2c(cc1I)c1cc(I)c([2H])cc1n2C. The molecule has 0 N–H and O–H groups in total. The lowest BCUT2D eigenvalue weighted by Crippen LogP contribution is -2.04. The average Bonchev–Trinajstić information content (AvgIpc) is 1.55. The predicted octanol–water partition coefficient (Wildman–Crippen LogP) is 32.3. The van der Waals surface area contributed by atoms with Gasteiger partial charge in [0, 0.05) is 223 Å². The van der Waals surface area contributed by atoms with Gasteiger partial charge in [-0.25, -0.2) is 0 Å². The van der Waals surface area contributed by atoms with Crippen LogP contribution >= 0.6 is 136 Å². The van der Waals surface area contributed by atoms with E-state index in [1.807, 2.05) is 158 Å². The topological polar surface area (TPSA) is 34.5 Å². The Labute approximate surface area is 820 Å². The zero-order chi connectivity index (χ0) is 110. The molecule has 0 aliphatic heterocycles. The second-order valence-corrected chi connectivity index (χ2v) is 35.4. The third kappa shape index (κ3) is 18.0. The molecule has 21 rings (SSSR count). The lowest BCUT2D eigenvalue weighted by molar-refractivity contribution is -0.138. The maximum atomic E-state index is 13.3. The predicted molar refractivity (Wildman–Crippen MR) is 538 cm³/mol. The van der Waals surface area contributed by atoms with Crippen LogP contribution in [0.2, 0.25) is 0 Å². The summed E-state index contributed by atoms with van der Waals surface area (Å²) in [5.41, 5.74) is 5.80. The average molecular weight is 2380 g/mol. The molecule has 7 aromatic heterocycles. The van der Waals surface area contributed by atoms with Gasteiger partial charge in [0.15, 0.2) is 0 Å². The van der Waals surface area contributed by atoms with Crippen molar-refractivity contribution in [3.63, 3.8) is 0 Å². The van der Waals surface area contributed by atoms with Crippen LogP contribution in [0.5, 0.6) is 0 Å². The first-order chi connectivity index (χ1) is 68.6. The molecule has 632 valence electrons. The number of alkyl halides is 12. The number of nitrogens with zero attached hydrogens (tertiary/aromatic N) is 7. The zero-order valence-electron chi connectivity index (χ0n) is 90.3. The molecule has 0 amide bonds. The summed E-state index contributed by atoms with van der Waals surface area (Å²) in [7, 11) is 12.1. The van der Waals surface area contributed by atoms with Gasteiger partial charge < -0.3 is 32.0 Å². The van der Waals surface area contributed by atoms with E-state index < -0.39 is 83.2 Å². The van der Waals surface area contributed by atoms with Gasteiger partial charge in [0.1, 0.15) is 0 Å². The Balaban J connectivity index is 0.000000130. The van der Waals surface area contributed by atoms with Crippen molar-refractivity contribution in [2.24, 2.45) is 49.3 Å². The van der Waals surface area contributed by atoms with Gasteiger partial charge >= 0.3 is 24.7 Å². The van der Waals surface area contributed by atoms with Gasteiger partial charge in [-0.2, -0.15) is 52.7 Å². The van der Waals surface area contributed by atoms with Crippen molar-refractivity contribution >= 4 is 288 Å². The first-order valence-electron chi connectivity index (χ1n) is 48.8. The van der Waals surface area contributed by atoms with Crippen LogP contribution in [0, 0.1) is 49.1 Å². The van der Waals surface area contributed by atoms with E-state index in [4.69, 9.17) is 32.9 Å². The van der Waals surface area contributed by atoms with Crippen molar-refractivity contribution in [3.05, 3.63) is 320 Å². The highest BCUT2D eigenvalue weighted by Crippen LogP contribution is 2.42. The fourth-order valence-corrected chi connectivity index (χ4v) is 17.3. The fourth-order valence-electron chi connectivity index (χ4n) is 14.7. The highest BCUT2D eigenvalue weighted by Gasteiger charge is 2.34. The fraction of sp³-hybridized carbons (Fsp3) is 0.152. The first kappa shape index (κ1) is 64.0. The molecule has 0 bridgehead atoms. The molecule has 0 radical (unpaired) electrons. The number of benzene rings is 14. The van der Waals surface area contributed by atoms with Gasteiger partial charge in [0.25, 0.3) is 0 Å². The lowest BCUT2D eigenvalue weighted by atomic mass is 10.1. The van der Waals surface area contributed by atoms with Gasteiger partial charge in [-0.1, -0.05) is 46.4 Å². The van der Waals surface area contributed by atoms with Crippen LogP contribution in [0.3, 0.4) is 0 Å². The number of aryl methyl sites for hydroxylation is 9. The van der Waals surface area contributed by atoms with E-state index in [-0.39, 0.29) is 110 Å². The maximum Gasteiger partial charge on any atom is 0.416 e. The summed E-state index contributed by atoms with van der Waals surface area (Å²) in [6.45, 7) is 6.65. The van der Waals surface area contributed by atoms with E-state index in [0.717, 1.165) is 80.2 Å². The molecule has 25 heteroatoms. The van der Waals surface area contributed by atoms with Gasteiger partial charge in [0.05, 0.1) is 55.2 Å². The van der Waals surface area contributed by atoms with Gasteiger partial charge in [-0.3, -0.25) is 0 Å². The molecule has 7 nitrogen and oxygen atoms in total. The monoisotopic (exact) mass is 2380 g/mol. The summed E-state index contributed by atoms with van der Waals surface area (Å²) in [6.07, 6.45) is -18.6. The van der Waals surface area contributed by atoms with E-state index >= 15 is 0 Å². The smallest absolute Gasteiger partial charge is 0.344 e. The lowest BCUT2D eigenvalue weighted by Gasteiger charge is -2.06. The second-order valence-electron chi connectivity index (χ2n) is 28.7. The van der Waals surface area contributed by atoms with Crippen molar-refractivity contribution in [2.75, 3.05) is 0 Å². The molecule has 14 aromatic carbocycles. The van der Waals surface area contributed by atoms with E-state index in [1.165, 1.54) is 47.4 Å². The Morgan fingerprint density at radius 3 is 0.871 bits per heavy atom. The summed E-state index contributed by atoms with van der Waals surface area (Å²) in [5, 5.41) is 7.05. The summed E-state index contributed by atoms with van der Waals surface area (Å²) < 4.78 is 364. The van der Waals surface area contributed by atoms with Crippen LogP contribution < -0.4 is 0 Å². The number of fused-ring (bicyclic) bond motifs is 21. The number of aromatic nitrogens is 7. The van der Waals surface area contributed by atoms with E-state index in [0.29, 0.717) is 133 Å². The Hall–Kier alpha value is -8.78. The maximum absolute atomic E-state index is 13.3. The number of hydrogen-bond acceptors (Lipinski definition) is 0. The standard InChI is InChI=1S/4C15H12F3N.3C13H9I2N/c4*1-9-3-5-13-11(7-9)12-8-10(15(16,17)18)4-6-14(12)19(13)2;3*1-16-12-4-2-8(14)6-10(12)11-7-9(15)3-5-13(11)16/h4*3-8H,1-2H3;3*2-7H,1H3/i3D,4D,5D,6D,7D,8D;3D,4D,7D,8D;3D,4D;;2D,3D,4D,5D,6D,7D;2D,3D,6D,7D;2D,3D. The molecule has 7 heterocycles. The minimum absolute atomic E-state index is 0.000995. The first-order valence-corrected chi connectivity index (χ1v) is 43.3. The van der Waals surface area contributed by atoms with Gasteiger partial charge in [0.2, 0.25) is 0 Å². The van der Waals surface area contributed by atoms with E-state index in [9.17, 15) is 52.7 Å². The molecule has 21 aromatic rings. The number of hydrogen-bond donors (Lipinski definition) is 0. The molecule has 0 unspecified atom stereocenters. The summed E-state index contributed by atoms with van der Waals surface area (Å²) in [6, 6.07) is 26.4. The largest absolute Gasteiger partial charge is 0.416 e. The summed E-state index contributed by atoms with van der Waals surface area (Å²) >= 11 is 12.1. The Bertz CT molecular complexity index is 9130. The summed E-state index contributed by atoms with van der Waals surface area (Å²) in [4.78, 5) is 0. The molecule has 0 saturated carbocycles. The second kappa shape index (κ2) is 35.1. The minimum Gasteiger partial charge on any atom is -0.344 e. The van der Waals surface area contributed by atoms with Crippen LogP contribution in [-0.4, -0.2) is 32.0 Å². The molecule has 0 saturated heterocycles. The summed E-state index contributed by atoms with van der Waals surface area (Å²) in [5.74, 6) is 0. The van der Waals surface area contributed by atoms with Crippen molar-refractivity contribution < 1.29 is 85.6 Å². The number of halogens is 18. The number of rotatable bonds is 0. The Morgan fingerprint density at radius 2 is 0.444 bits per heavy atom. The van der Waals surface area contributed by atoms with Crippen molar-refractivity contribution in [2.45, 2.75) is 52.4 Å². The highest BCUT2D eigenvalue weighted by atomic mass is 127. The molecule has 0 spiro atoms. The van der Waals surface area contributed by atoms with Crippen LogP contribution in [0.15, 0.2) is 254 Å². The van der Waals surface area contributed by atoms with Crippen LogP contribution in [-0.2, 0) is 74.0 Å². The molecule has 0 atom stereocenters. The Kier molecular flexibility index (Phi) is 18.1. The van der Waals surface area contributed by atoms with Gasteiger partial charge in [-0.15, -0.1) is 0 Å². The Morgan fingerprint density at radius 1 is 0.194 bits per heavy atom. The zero-order valence-corrected chi connectivity index (χ0v) is 79.3. The van der Waals surface area contributed by atoms with Crippen LogP contribution in [0.25, 0.3) is 153 Å². The van der Waals surface area contributed by atoms with Crippen molar-refractivity contribution in [1.29, 1.82) is 0 Å². The van der Waals surface area contributed by atoms with E-state index in [1.54, 1.807) is 68.4 Å². The van der Waals surface area contributed by atoms with Crippen molar-refractivity contribution in [3.8, 4) is 0 Å². The van der Waals surface area contributed by atoms with Gasteiger partial charge in [-0.05, 0) is 393 Å². The third-order valence-corrected chi connectivity index (χ3v) is 24.2. The molecular formula is C99H75F12I6N7. The molecule has 0 fully saturated rings. The molecule has 124 heavy (non-hydrogen) atoms. The molecule has 0 aliphatic carbocycles. The normalized spacial score (nSPS) is 14.8. The van der Waals surface area contributed by atoms with E-state index in [2.05, 4.69) is 61.9 Å². The van der Waals surface area contributed by atoms with Crippen LogP contribution in [0.4, 0.5) is 52.7 Å². The molecular weight excluding hydrogens is 2280 g/mol. The quantitative estimate of drug-likeness (QED) is 0.107. The van der Waals surface area contributed by atoms with Crippen LogP contribution in [0.1, 0.15) is 77.4 Å². The highest BCUT2D eigenvalue weighted by molar-refractivity contribution is 14.1.